The van der Waals surface area contributed by atoms with Gasteiger partial charge in [-0.25, -0.2) is 4.79 Å². The SMILES string of the molecule is CC(=N)C(C#N)C(=O)CN1C(=O)N[C@](C)(c2cccc(Br)c2)C1=O. The van der Waals surface area contributed by atoms with Gasteiger partial charge in [-0.1, -0.05) is 28.1 Å². The van der Waals surface area contributed by atoms with E-state index in [0.29, 0.717) is 5.56 Å². The van der Waals surface area contributed by atoms with Crippen molar-refractivity contribution in [3.63, 3.8) is 0 Å². The van der Waals surface area contributed by atoms with Gasteiger partial charge < -0.3 is 10.7 Å². The summed E-state index contributed by atoms with van der Waals surface area (Å²) >= 11 is 3.32. The number of nitrogens with zero attached hydrogens (tertiary/aromatic N) is 2. The number of Topliss-reactive ketones (excluding diaryl/α,β-unsaturated/α-hetero) is 1. The van der Waals surface area contributed by atoms with E-state index in [4.69, 9.17) is 10.7 Å². The molecule has 0 spiro atoms. The molecule has 1 aliphatic heterocycles. The quantitative estimate of drug-likeness (QED) is 0.590. The number of rotatable bonds is 5. The number of nitriles is 1. The Labute approximate surface area is 147 Å². The average Bonchev–Trinajstić information content (AvgIpc) is 2.72. The number of halogens is 1. The van der Waals surface area contributed by atoms with Crippen molar-refractivity contribution in [1.29, 1.82) is 10.7 Å². The Morgan fingerprint density at radius 1 is 1.50 bits per heavy atom. The van der Waals surface area contributed by atoms with Crippen molar-refractivity contribution in [3.8, 4) is 6.07 Å². The van der Waals surface area contributed by atoms with Crippen molar-refractivity contribution in [1.82, 2.24) is 10.2 Å². The van der Waals surface area contributed by atoms with Crippen LogP contribution in [0.5, 0.6) is 0 Å². The van der Waals surface area contributed by atoms with Gasteiger partial charge in [0.15, 0.2) is 5.78 Å². The third-order valence-corrected chi connectivity index (χ3v) is 4.37. The normalized spacial score (nSPS) is 21.2. The molecule has 7 nitrogen and oxygen atoms in total. The largest absolute Gasteiger partial charge is 0.325 e. The Morgan fingerprint density at radius 3 is 2.71 bits per heavy atom. The fourth-order valence-electron chi connectivity index (χ4n) is 2.49. The van der Waals surface area contributed by atoms with E-state index in [9.17, 15) is 14.4 Å². The maximum absolute atomic E-state index is 12.7. The Kier molecular flexibility index (Phi) is 4.85. The lowest BCUT2D eigenvalue weighted by Crippen LogP contribution is -2.42. The molecule has 2 N–H and O–H groups in total. The zero-order valence-corrected chi connectivity index (χ0v) is 14.7. The minimum atomic E-state index is -1.29. The van der Waals surface area contributed by atoms with E-state index in [-0.39, 0.29) is 5.71 Å². The van der Waals surface area contributed by atoms with E-state index >= 15 is 0 Å². The number of hydrogen-bond donors (Lipinski definition) is 2. The van der Waals surface area contributed by atoms with Gasteiger partial charge in [-0.05, 0) is 31.5 Å². The van der Waals surface area contributed by atoms with Crippen LogP contribution >= 0.6 is 15.9 Å². The van der Waals surface area contributed by atoms with Gasteiger partial charge in [0.25, 0.3) is 5.91 Å². The molecule has 1 fully saturated rings. The van der Waals surface area contributed by atoms with Crippen LogP contribution in [0.3, 0.4) is 0 Å². The summed E-state index contributed by atoms with van der Waals surface area (Å²) in [4.78, 5) is 37.8. The van der Waals surface area contributed by atoms with Gasteiger partial charge in [0.2, 0.25) is 0 Å². The van der Waals surface area contributed by atoms with E-state index in [1.807, 2.05) is 0 Å². The lowest BCUT2D eigenvalue weighted by Gasteiger charge is -2.22. The third kappa shape index (κ3) is 3.08. The van der Waals surface area contributed by atoms with Crippen LogP contribution in [0.2, 0.25) is 0 Å². The van der Waals surface area contributed by atoms with E-state index in [1.165, 1.54) is 6.92 Å². The van der Waals surface area contributed by atoms with Gasteiger partial charge >= 0.3 is 6.03 Å². The van der Waals surface area contributed by atoms with Crippen LogP contribution in [-0.4, -0.2) is 34.9 Å². The summed E-state index contributed by atoms with van der Waals surface area (Å²) in [6.07, 6.45) is 0. The highest BCUT2D eigenvalue weighted by molar-refractivity contribution is 9.10. The second kappa shape index (κ2) is 6.53. The maximum atomic E-state index is 12.7. The number of ketones is 1. The fourth-order valence-corrected chi connectivity index (χ4v) is 2.89. The lowest BCUT2D eigenvalue weighted by molar-refractivity contribution is -0.134. The number of benzene rings is 1. The molecule has 2 atom stereocenters. The van der Waals surface area contributed by atoms with Crippen LogP contribution in [0.4, 0.5) is 4.79 Å². The summed E-state index contributed by atoms with van der Waals surface area (Å²) in [6, 6.07) is 7.96. The van der Waals surface area contributed by atoms with Gasteiger partial charge in [0.1, 0.15) is 11.5 Å². The standard InChI is InChI=1S/C16H15BrN4O3/c1-9(19)12(7-18)13(22)8-21-14(23)16(2,20-15(21)24)10-4-3-5-11(17)6-10/h3-6,12,19H,8H2,1-2H3,(H,20,24)/t12?,16-/m1/s1. The minimum Gasteiger partial charge on any atom is -0.319 e. The number of imide groups is 1. The van der Waals surface area contributed by atoms with Crippen LogP contribution in [0, 0.1) is 22.7 Å². The number of carbonyl (C=O) groups is 3. The maximum Gasteiger partial charge on any atom is 0.325 e. The predicted octanol–water partition coefficient (Wildman–Crippen LogP) is 1.96. The first-order valence-corrected chi connectivity index (χ1v) is 7.87. The molecular weight excluding hydrogens is 376 g/mol. The third-order valence-electron chi connectivity index (χ3n) is 3.87. The molecule has 1 heterocycles. The molecular formula is C16H15BrN4O3. The smallest absolute Gasteiger partial charge is 0.319 e. The molecule has 0 saturated carbocycles. The van der Waals surface area contributed by atoms with Crippen molar-refractivity contribution in [2.24, 2.45) is 5.92 Å². The van der Waals surface area contributed by atoms with Gasteiger partial charge in [-0.15, -0.1) is 0 Å². The van der Waals surface area contributed by atoms with Crippen LogP contribution in [0.1, 0.15) is 19.4 Å². The summed E-state index contributed by atoms with van der Waals surface area (Å²) in [5.74, 6) is -2.49. The van der Waals surface area contributed by atoms with Gasteiger partial charge in [-0.3, -0.25) is 14.5 Å². The van der Waals surface area contributed by atoms with Crippen LogP contribution in [0.25, 0.3) is 0 Å². The number of carbonyl (C=O) groups excluding carboxylic acids is 3. The van der Waals surface area contributed by atoms with Crippen molar-refractivity contribution < 1.29 is 14.4 Å². The highest BCUT2D eigenvalue weighted by Crippen LogP contribution is 2.30. The molecule has 1 unspecified atom stereocenters. The monoisotopic (exact) mass is 390 g/mol. The van der Waals surface area contributed by atoms with Crippen LogP contribution in [0.15, 0.2) is 28.7 Å². The molecule has 1 aromatic carbocycles. The fraction of sp³-hybridized carbons (Fsp3) is 0.312. The van der Waals surface area contributed by atoms with E-state index in [0.717, 1.165) is 9.37 Å². The molecule has 8 heteroatoms. The summed E-state index contributed by atoms with van der Waals surface area (Å²) in [5.41, 5.74) is -0.835. The molecule has 124 valence electrons. The number of amides is 3. The Balaban J connectivity index is 2.28. The predicted molar refractivity (Wildman–Crippen MR) is 89.2 cm³/mol. The van der Waals surface area contributed by atoms with Crippen molar-refractivity contribution in [2.45, 2.75) is 19.4 Å². The average molecular weight is 391 g/mol. The summed E-state index contributed by atoms with van der Waals surface area (Å²) in [5, 5.41) is 19.0. The van der Waals surface area contributed by atoms with Crippen molar-refractivity contribution >= 4 is 39.4 Å². The molecule has 1 saturated heterocycles. The first kappa shape index (κ1) is 17.8. The molecule has 0 radical (unpaired) electrons. The molecule has 0 aromatic heterocycles. The highest BCUT2D eigenvalue weighted by Gasteiger charge is 2.49. The van der Waals surface area contributed by atoms with Crippen LogP contribution < -0.4 is 5.32 Å². The molecule has 0 bridgehead atoms. The minimum absolute atomic E-state index is 0.121. The second-order valence-corrected chi connectivity index (χ2v) is 6.58. The Bertz CT molecular complexity index is 786. The van der Waals surface area contributed by atoms with Gasteiger partial charge in [0.05, 0.1) is 12.6 Å². The summed E-state index contributed by atoms with van der Waals surface area (Å²) < 4.78 is 0.752. The molecule has 24 heavy (non-hydrogen) atoms. The number of nitrogens with one attached hydrogen (secondary N) is 2. The Hall–Kier alpha value is -2.53. The summed E-state index contributed by atoms with van der Waals surface area (Å²) in [7, 11) is 0. The van der Waals surface area contributed by atoms with Crippen molar-refractivity contribution in [2.75, 3.05) is 6.54 Å². The molecule has 1 aromatic rings. The summed E-state index contributed by atoms with van der Waals surface area (Å²) in [6.45, 7) is 2.36. The van der Waals surface area contributed by atoms with E-state index in [1.54, 1.807) is 37.3 Å². The van der Waals surface area contributed by atoms with Crippen molar-refractivity contribution in [3.05, 3.63) is 34.3 Å². The molecule has 2 rings (SSSR count). The number of urea groups is 1. The molecule has 1 aliphatic rings. The molecule has 0 aliphatic carbocycles. The first-order chi connectivity index (χ1) is 11.2. The zero-order chi connectivity index (χ0) is 18.1. The lowest BCUT2D eigenvalue weighted by atomic mass is 9.92. The van der Waals surface area contributed by atoms with Crippen LogP contribution in [-0.2, 0) is 15.1 Å². The second-order valence-electron chi connectivity index (χ2n) is 5.67. The van der Waals surface area contributed by atoms with E-state index < -0.39 is 35.7 Å². The number of hydrogen-bond acceptors (Lipinski definition) is 5. The molecule has 3 amide bonds. The van der Waals surface area contributed by atoms with E-state index in [2.05, 4.69) is 21.2 Å². The zero-order valence-electron chi connectivity index (χ0n) is 13.1. The highest BCUT2D eigenvalue weighted by atomic mass is 79.9. The first-order valence-electron chi connectivity index (χ1n) is 7.08. The van der Waals surface area contributed by atoms with Gasteiger partial charge in [-0.2, -0.15) is 5.26 Å². The Morgan fingerprint density at radius 2 is 2.17 bits per heavy atom. The topological polar surface area (TPSA) is 114 Å². The van der Waals surface area contributed by atoms with Gasteiger partial charge in [0, 0.05) is 10.2 Å².